The minimum Gasteiger partial charge on any atom is -0.297 e. The van der Waals surface area contributed by atoms with E-state index >= 15 is 0 Å². The van der Waals surface area contributed by atoms with E-state index in [9.17, 15) is 0 Å². The van der Waals surface area contributed by atoms with Crippen molar-refractivity contribution in [3.05, 3.63) is 0 Å². The Kier molecular flexibility index (Phi) is 2.54. The zero-order valence-corrected chi connectivity index (χ0v) is 11.8. The van der Waals surface area contributed by atoms with Gasteiger partial charge in [-0.05, 0) is 55.8 Å². The average molecular weight is 261 g/mol. The number of hydrogen-bond acceptors (Lipinski definition) is 3. The molecule has 3 aliphatic carbocycles. The lowest BCUT2D eigenvalue weighted by atomic mass is 9.58. The van der Waals surface area contributed by atoms with Gasteiger partial charge in [0.2, 0.25) is 0 Å². The highest BCUT2D eigenvalue weighted by Crippen LogP contribution is 2.53. The van der Waals surface area contributed by atoms with Crippen LogP contribution in [-0.2, 0) is 0 Å². The van der Waals surface area contributed by atoms with Crippen LogP contribution < -0.4 is 16.2 Å². The van der Waals surface area contributed by atoms with Crippen LogP contribution in [0.15, 0.2) is 0 Å². The Morgan fingerprint density at radius 3 is 2.58 bits per heavy atom. The molecule has 3 nitrogen and oxygen atoms in total. The lowest BCUT2D eigenvalue weighted by Gasteiger charge is -2.53. The minimum absolute atomic E-state index is 0.581. The molecule has 5 fully saturated rings. The first-order valence-corrected chi connectivity index (χ1v) is 8.69. The lowest BCUT2D eigenvalue weighted by molar-refractivity contribution is -0.00323. The van der Waals surface area contributed by atoms with Gasteiger partial charge in [-0.3, -0.25) is 10.7 Å². The number of rotatable bonds is 0. The van der Waals surface area contributed by atoms with Gasteiger partial charge in [-0.2, -0.15) is 0 Å². The summed E-state index contributed by atoms with van der Waals surface area (Å²) in [4.78, 5) is 0. The molecule has 3 saturated carbocycles. The fraction of sp³-hybridized carbons (Fsp3) is 1.00. The molecule has 8 atom stereocenters. The molecule has 0 bridgehead atoms. The van der Waals surface area contributed by atoms with Crippen LogP contribution in [0.5, 0.6) is 0 Å². The Labute approximate surface area is 116 Å². The van der Waals surface area contributed by atoms with Gasteiger partial charge in [-0.25, -0.2) is 5.43 Å². The third-order valence-corrected chi connectivity index (χ3v) is 7.27. The van der Waals surface area contributed by atoms with Crippen LogP contribution in [0.25, 0.3) is 0 Å². The number of hydrazine groups is 1. The van der Waals surface area contributed by atoms with Crippen LogP contribution in [0.4, 0.5) is 0 Å². The monoisotopic (exact) mass is 261 g/mol. The van der Waals surface area contributed by atoms with Crippen LogP contribution in [0.1, 0.15) is 51.4 Å². The number of nitrogens with one attached hydrogen (secondary N) is 3. The zero-order valence-electron chi connectivity index (χ0n) is 11.8. The molecule has 0 aromatic carbocycles. The topological polar surface area (TPSA) is 36.1 Å². The summed E-state index contributed by atoms with van der Waals surface area (Å²) in [5, 5.41) is 3.83. The van der Waals surface area contributed by atoms with Crippen molar-refractivity contribution in [3.63, 3.8) is 0 Å². The molecule has 3 N–H and O–H groups in total. The van der Waals surface area contributed by atoms with Crippen molar-refractivity contribution in [2.45, 2.75) is 69.6 Å². The average Bonchev–Trinajstić information content (AvgIpc) is 2.68. The number of fused-ring (bicyclic) bond motifs is 4. The maximum Gasteiger partial charge on any atom is 0.0765 e. The molecule has 3 heteroatoms. The maximum absolute atomic E-state index is 3.83. The third kappa shape index (κ3) is 1.55. The highest BCUT2D eigenvalue weighted by molar-refractivity contribution is 5.12. The van der Waals surface area contributed by atoms with E-state index in [1.807, 2.05) is 0 Å². The summed E-state index contributed by atoms with van der Waals surface area (Å²) in [6, 6.07) is 1.58. The molecule has 5 rings (SSSR count). The fourth-order valence-corrected chi connectivity index (χ4v) is 6.45. The van der Waals surface area contributed by atoms with E-state index in [2.05, 4.69) is 16.2 Å². The molecule has 2 heterocycles. The van der Waals surface area contributed by atoms with Crippen LogP contribution in [0.3, 0.4) is 0 Å². The van der Waals surface area contributed by atoms with Gasteiger partial charge in [0, 0.05) is 18.0 Å². The zero-order chi connectivity index (χ0) is 12.4. The second kappa shape index (κ2) is 4.19. The van der Waals surface area contributed by atoms with Gasteiger partial charge in [0.05, 0.1) is 6.17 Å². The Morgan fingerprint density at radius 2 is 1.58 bits per heavy atom. The van der Waals surface area contributed by atoms with Gasteiger partial charge in [-0.15, -0.1) is 0 Å². The van der Waals surface area contributed by atoms with Gasteiger partial charge < -0.3 is 0 Å². The largest absolute Gasteiger partial charge is 0.297 e. The summed E-state index contributed by atoms with van der Waals surface area (Å²) in [5.74, 6) is 5.10. The Hall–Kier alpha value is -0.120. The van der Waals surface area contributed by atoms with E-state index in [0.29, 0.717) is 6.17 Å². The van der Waals surface area contributed by atoms with Gasteiger partial charge in [0.25, 0.3) is 0 Å². The van der Waals surface area contributed by atoms with E-state index in [-0.39, 0.29) is 0 Å². The molecule has 5 aliphatic rings. The molecule has 0 spiro atoms. The summed E-state index contributed by atoms with van der Waals surface area (Å²) in [6.07, 6.45) is 12.6. The predicted octanol–water partition coefficient (Wildman–Crippen LogP) is 2.00. The Balaban J connectivity index is 1.43. The van der Waals surface area contributed by atoms with Gasteiger partial charge in [0.15, 0.2) is 0 Å². The normalized spacial score (nSPS) is 59.4. The summed E-state index contributed by atoms with van der Waals surface area (Å²) in [7, 11) is 0. The first-order chi connectivity index (χ1) is 9.42. The lowest BCUT2D eigenvalue weighted by Crippen LogP contribution is -2.68. The first kappa shape index (κ1) is 11.5. The highest BCUT2D eigenvalue weighted by atomic mass is 15.5. The molecular formula is C16H27N3. The summed E-state index contributed by atoms with van der Waals surface area (Å²) in [6.45, 7) is 0. The maximum atomic E-state index is 3.83. The van der Waals surface area contributed by atoms with E-state index in [1.165, 1.54) is 38.5 Å². The standard InChI is InChI=1S/C16H27N3/c1-2-4-10-9(3-1)5-6-12-11(10)7-8-13-14-15(12)17-16(14)19-18-13/h9-19H,1-8H2. The molecule has 0 radical (unpaired) electrons. The van der Waals surface area contributed by atoms with Crippen LogP contribution in [0, 0.1) is 29.6 Å². The predicted molar refractivity (Wildman–Crippen MR) is 75.2 cm³/mol. The minimum atomic E-state index is 0.581. The Bertz CT molecular complexity index is 371. The summed E-state index contributed by atoms with van der Waals surface area (Å²) in [5.41, 5.74) is 7.01. The fourth-order valence-electron chi connectivity index (χ4n) is 6.45. The van der Waals surface area contributed by atoms with Crippen molar-refractivity contribution in [2.24, 2.45) is 29.6 Å². The molecule has 19 heavy (non-hydrogen) atoms. The van der Waals surface area contributed by atoms with Gasteiger partial charge in [0.1, 0.15) is 0 Å². The second-order valence-electron chi connectivity index (χ2n) is 7.83. The van der Waals surface area contributed by atoms with Crippen LogP contribution in [-0.4, -0.2) is 18.2 Å². The van der Waals surface area contributed by atoms with Crippen molar-refractivity contribution in [3.8, 4) is 0 Å². The summed E-state index contributed by atoms with van der Waals surface area (Å²) < 4.78 is 0. The molecule has 8 unspecified atom stereocenters. The molecule has 0 aromatic heterocycles. The summed E-state index contributed by atoms with van der Waals surface area (Å²) >= 11 is 0. The molecule has 0 amide bonds. The molecule has 2 saturated heterocycles. The van der Waals surface area contributed by atoms with Gasteiger partial charge in [-0.1, -0.05) is 19.3 Å². The smallest absolute Gasteiger partial charge is 0.0765 e. The third-order valence-electron chi connectivity index (χ3n) is 7.27. The number of hydrogen-bond donors (Lipinski definition) is 3. The molecular weight excluding hydrogens is 234 g/mol. The van der Waals surface area contributed by atoms with E-state index in [1.54, 1.807) is 12.8 Å². The van der Waals surface area contributed by atoms with E-state index < -0.39 is 0 Å². The SMILES string of the molecule is C1CCC2C(C1)CCC1C2CCC2NNC3NC1C23. The van der Waals surface area contributed by atoms with Crippen molar-refractivity contribution in [1.82, 2.24) is 16.2 Å². The molecule has 2 aliphatic heterocycles. The van der Waals surface area contributed by atoms with E-state index in [0.717, 1.165) is 41.7 Å². The van der Waals surface area contributed by atoms with Crippen molar-refractivity contribution >= 4 is 0 Å². The van der Waals surface area contributed by atoms with Crippen molar-refractivity contribution < 1.29 is 0 Å². The van der Waals surface area contributed by atoms with Crippen molar-refractivity contribution in [2.75, 3.05) is 0 Å². The van der Waals surface area contributed by atoms with Crippen LogP contribution >= 0.6 is 0 Å². The van der Waals surface area contributed by atoms with Crippen molar-refractivity contribution in [1.29, 1.82) is 0 Å². The highest BCUT2D eigenvalue weighted by Gasteiger charge is 2.57. The first-order valence-electron chi connectivity index (χ1n) is 8.69. The second-order valence-corrected chi connectivity index (χ2v) is 7.83. The molecule has 106 valence electrons. The van der Waals surface area contributed by atoms with Crippen LogP contribution in [0.2, 0.25) is 0 Å². The quantitative estimate of drug-likeness (QED) is 0.624. The van der Waals surface area contributed by atoms with Gasteiger partial charge >= 0.3 is 0 Å². The Morgan fingerprint density at radius 1 is 0.684 bits per heavy atom. The van der Waals surface area contributed by atoms with E-state index in [4.69, 9.17) is 0 Å². The molecule has 0 aromatic rings.